The molecule has 0 aliphatic carbocycles. The minimum Gasteiger partial charge on any atom is -0.309 e. The van der Waals surface area contributed by atoms with Crippen molar-refractivity contribution in [1.29, 1.82) is 0 Å². The maximum absolute atomic E-state index is 11.2. The van der Waals surface area contributed by atoms with Gasteiger partial charge in [0.05, 0.1) is 5.52 Å². The molecule has 90 valence electrons. The van der Waals surface area contributed by atoms with Gasteiger partial charge in [-0.15, -0.1) is 0 Å². The number of aromatic nitrogens is 2. The first-order valence-electron chi connectivity index (χ1n) is 5.76. The van der Waals surface area contributed by atoms with E-state index < -0.39 is 0 Å². The van der Waals surface area contributed by atoms with Gasteiger partial charge in [0.2, 0.25) is 5.91 Å². The minimum atomic E-state index is -0.102. The Balaban J connectivity index is 2.71. The smallest absolute Gasteiger partial charge is 0.222 e. The number of amides is 1. The second kappa shape index (κ2) is 4.20. The van der Waals surface area contributed by atoms with Crippen molar-refractivity contribution in [3.05, 3.63) is 23.3 Å². The summed E-state index contributed by atoms with van der Waals surface area (Å²) in [6.45, 7) is 7.86. The zero-order valence-corrected chi connectivity index (χ0v) is 10.6. The van der Waals surface area contributed by atoms with E-state index in [-0.39, 0.29) is 5.91 Å². The highest BCUT2D eigenvalue weighted by atomic mass is 16.1. The van der Waals surface area contributed by atoms with Gasteiger partial charge >= 0.3 is 0 Å². The molecule has 0 aliphatic rings. The van der Waals surface area contributed by atoms with Crippen LogP contribution < -0.4 is 5.32 Å². The second-order valence-corrected chi connectivity index (χ2v) is 4.63. The molecule has 2 rings (SSSR count). The molecule has 4 nitrogen and oxygen atoms in total. The van der Waals surface area contributed by atoms with Crippen LogP contribution in [0.5, 0.6) is 0 Å². The highest BCUT2D eigenvalue weighted by molar-refractivity contribution is 6.01. The highest BCUT2D eigenvalue weighted by Gasteiger charge is 2.15. The number of nitrogens with zero attached hydrogens (tertiary/aromatic N) is 1. The van der Waals surface area contributed by atoms with Crippen LogP contribution in [0.3, 0.4) is 0 Å². The van der Waals surface area contributed by atoms with Crippen molar-refractivity contribution in [3.63, 3.8) is 0 Å². The normalized spacial score (nSPS) is 11.1. The average molecular weight is 231 g/mol. The van der Waals surface area contributed by atoms with Crippen molar-refractivity contribution in [2.45, 2.75) is 33.6 Å². The summed E-state index contributed by atoms with van der Waals surface area (Å²) in [5.74, 6) is 0.915. The lowest BCUT2D eigenvalue weighted by atomic mass is 9.94. The van der Waals surface area contributed by atoms with Crippen LogP contribution in [0.25, 0.3) is 10.9 Å². The monoisotopic (exact) mass is 231 g/mol. The predicted molar refractivity (Wildman–Crippen MR) is 69.2 cm³/mol. The van der Waals surface area contributed by atoms with Crippen molar-refractivity contribution < 1.29 is 4.79 Å². The number of nitrogens with one attached hydrogen (secondary N) is 2. The molecular formula is C13H17N3O. The maximum Gasteiger partial charge on any atom is 0.222 e. The van der Waals surface area contributed by atoms with Crippen LogP contribution in [-0.4, -0.2) is 16.1 Å². The fourth-order valence-electron chi connectivity index (χ4n) is 2.25. The number of carbonyl (C=O) groups is 1. The van der Waals surface area contributed by atoms with Crippen LogP contribution >= 0.6 is 0 Å². The number of H-pyrrole nitrogens is 1. The fraction of sp³-hybridized carbons (Fsp3) is 0.385. The van der Waals surface area contributed by atoms with E-state index in [0.717, 1.165) is 10.9 Å². The molecule has 1 aromatic carbocycles. The number of hydrogen-bond donors (Lipinski definition) is 2. The Hall–Kier alpha value is -1.84. The van der Waals surface area contributed by atoms with Crippen LogP contribution in [-0.2, 0) is 4.79 Å². The Kier molecular flexibility index (Phi) is 2.88. The molecular weight excluding hydrogens is 214 g/mol. The van der Waals surface area contributed by atoms with Crippen molar-refractivity contribution >= 4 is 22.6 Å². The van der Waals surface area contributed by atoms with Crippen molar-refractivity contribution in [1.82, 2.24) is 10.2 Å². The molecule has 17 heavy (non-hydrogen) atoms. The van der Waals surface area contributed by atoms with Crippen molar-refractivity contribution in [2.24, 2.45) is 0 Å². The summed E-state index contributed by atoms with van der Waals surface area (Å²) in [6, 6.07) is 4.07. The van der Waals surface area contributed by atoms with Crippen LogP contribution in [0.4, 0.5) is 5.82 Å². The Bertz CT molecular complexity index is 569. The number of fused-ring (bicyclic) bond motifs is 1. The molecule has 0 saturated heterocycles. The first-order valence-corrected chi connectivity index (χ1v) is 5.76. The Morgan fingerprint density at radius 2 is 2.12 bits per heavy atom. The molecule has 0 fully saturated rings. The number of anilines is 1. The zero-order valence-electron chi connectivity index (χ0n) is 10.6. The van der Waals surface area contributed by atoms with Gasteiger partial charge in [-0.1, -0.05) is 19.9 Å². The number of benzene rings is 1. The summed E-state index contributed by atoms with van der Waals surface area (Å²) < 4.78 is 0. The maximum atomic E-state index is 11.2. The standard InChI is InChI=1S/C13H17N3O/c1-7(2)11-8(3)5-6-10-12(11)13(16-15-10)14-9(4)17/h5-7H,1-4H3,(H2,14,15,16,17). The molecule has 0 atom stereocenters. The second-order valence-electron chi connectivity index (χ2n) is 4.63. The summed E-state index contributed by atoms with van der Waals surface area (Å²) >= 11 is 0. The van der Waals surface area contributed by atoms with Crippen molar-refractivity contribution in [3.8, 4) is 0 Å². The number of aryl methyl sites for hydroxylation is 1. The molecule has 4 heteroatoms. The Morgan fingerprint density at radius 3 is 2.71 bits per heavy atom. The lowest BCUT2D eigenvalue weighted by molar-refractivity contribution is -0.114. The van der Waals surface area contributed by atoms with Crippen LogP contribution in [0.2, 0.25) is 0 Å². The summed E-state index contributed by atoms with van der Waals surface area (Å²) in [6.07, 6.45) is 0. The number of carbonyl (C=O) groups excluding carboxylic acids is 1. The van der Waals surface area contributed by atoms with E-state index in [1.165, 1.54) is 18.1 Å². The highest BCUT2D eigenvalue weighted by Crippen LogP contribution is 2.32. The van der Waals surface area contributed by atoms with Gasteiger partial charge in [0.25, 0.3) is 0 Å². The zero-order chi connectivity index (χ0) is 12.6. The van der Waals surface area contributed by atoms with E-state index in [0.29, 0.717) is 11.7 Å². The lowest BCUT2D eigenvalue weighted by Gasteiger charge is -2.12. The Labute approximate surface area is 100 Å². The third-order valence-corrected chi connectivity index (χ3v) is 2.86. The fourth-order valence-corrected chi connectivity index (χ4v) is 2.25. The quantitative estimate of drug-likeness (QED) is 0.834. The molecule has 0 spiro atoms. The van der Waals surface area contributed by atoms with Crippen LogP contribution in [0, 0.1) is 6.92 Å². The number of aromatic amines is 1. The van der Waals surface area contributed by atoms with Gasteiger partial charge in [-0.3, -0.25) is 9.89 Å². The van der Waals surface area contributed by atoms with Gasteiger partial charge < -0.3 is 5.32 Å². The third kappa shape index (κ3) is 2.02. The average Bonchev–Trinajstić information content (AvgIpc) is 2.60. The summed E-state index contributed by atoms with van der Waals surface area (Å²) in [7, 11) is 0. The molecule has 2 N–H and O–H groups in total. The largest absolute Gasteiger partial charge is 0.309 e. The van der Waals surface area contributed by atoms with E-state index in [9.17, 15) is 4.79 Å². The SMILES string of the molecule is CC(=O)Nc1n[nH]c2ccc(C)c(C(C)C)c12. The summed E-state index contributed by atoms with van der Waals surface area (Å²) in [5, 5.41) is 10.9. The van der Waals surface area contributed by atoms with Crippen molar-refractivity contribution in [2.75, 3.05) is 5.32 Å². The summed E-state index contributed by atoms with van der Waals surface area (Å²) in [4.78, 5) is 11.2. The molecule has 0 aliphatic heterocycles. The van der Waals surface area contributed by atoms with Gasteiger partial charge in [-0.2, -0.15) is 5.10 Å². The molecule has 1 aromatic heterocycles. The minimum absolute atomic E-state index is 0.102. The Morgan fingerprint density at radius 1 is 1.41 bits per heavy atom. The van der Waals surface area contributed by atoms with Gasteiger partial charge in [0, 0.05) is 12.3 Å². The summed E-state index contributed by atoms with van der Waals surface area (Å²) in [5.41, 5.74) is 3.42. The first-order chi connectivity index (χ1) is 8.00. The third-order valence-electron chi connectivity index (χ3n) is 2.86. The molecule has 2 aromatic rings. The van der Waals surface area contributed by atoms with E-state index in [1.807, 2.05) is 6.07 Å². The van der Waals surface area contributed by atoms with Gasteiger partial charge in [-0.25, -0.2) is 0 Å². The predicted octanol–water partition coefficient (Wildman–Crippen LogP) is 2.95. The van der Waals surface area contributed by atoms with Crippen LogP contribution in [0.1, 0.15) is 37.8 Å². The molecule has 1 heterocycles. The number of rotatable bonds is 2. The van der Waals surface area contributed by atoms with E-state index in [2.05, 4.69) is 42.4 Å². The van der Waals surface area contributed by atoms with Gasteiger partial charge in [0.1, 0.15) is 0 Å². The lowest BCUT2D eigenvalue weighted by Crippen LogP contribution is -2.07. The number of hydrogen-bond acceptors (Lipinski definition) is 2. The first kappa shape index (κ1) is 11.6. The topological polar surface area (TPSA) is 57.8 Å². The van der Waals surface area contributed by atoms with E-state index in [4.69, 9.17) is 0 Å². The molecule has 0 saturated carbocycles. The van der Waals surface area contributed by atoms with Crippen LogP contribution in [0.15, 0.2) is 12.1 Å². The van der Waals surface area contributed by atoms with Gasteiger partial charge in [-0.05, 0) is 30.0 Å². The molecule has 1 amide bonds. The van der Waals surface area contributed by atoms with E-state index in [1.54, 1.807) is 0 Å². The van der Waals surface area contributed by atoms with Gasteiger partial charge in [0.15, 0.2) is 5.82 Å². The van der Waals surface area contributed by atoms with E-state index >= 15 is 0 Å². The molecule has 0 bridgehead atoms. The molecule has 0 radical (unpaired) electrons. The molecule has 0 unspecified atom stereocenters.